The lowest BCUT2D eigenvalue weighted by Crippen LogP contribution is -2.30. The highest BCUT2D eigenvalue weighted by atomic mass is 79.9. The summed E-state index contributed by atoms with van der Waals surface area (Å²) >= 11 is 3.18. The minimum Gasteiger partial charge on any atom is -0.389 e. The van der Waals surface area contributed by atoms with E-state index in [4.69, 9.17) is 0 Å². The van der Waals surface area contributed by atoms with Crippen molar-refractivity contribution in [3.63, 3.8) is 0 Å². The average molecular weight is 352 g/mol. The number of halogens is 1. The van der Waals surface area contributed by atoms with Crippen molar-refractivity contribution >= 4 is 31.8 Å². The van der Waals surface area contributed by atoms with Crippen LogP contribution in [0.15, 0.2) is 21.6 Å². The molecule has 3 N–H and O–H groups in total. The van der Waals surface area contributed by atoms with Crippen molar-refractivity contribution in [3.8, 4) is 0 Å². The number of anilines is 1. The first kappa shape index (κ1) is 14.7. The third-order valence-electron chi connectivity index (χ3n) is 2.90. The van der Waals surface area contributed by atoms with E-state index >= 15 is 0 Å². The van der Waals surface area contributed by atoms with E-state index < -0.39 is 22.2 Å². The van der Waals surface area contributed by atoms with Gasteiger partial charge in [-0.3, -0.25) is 0 Å². The first-order valence-electron chi connectivity index (χ1n) is 5.56. The van der Waals surface area contributed by atoms with E-state index in [1.54, 1.807) is 7.05 Å². The molecular formula is C10H14BrN3O4S. The Kier molecular flexibility index (Phi) is 4.11. The normalized spacial score (nSPS) is 24.6. The van der Waals surface area contributed by atoms with Gasteiger partial charge in [-0.1, -0.05) is 0 Å². The van der Waals surface area contributed by atoms with Crippen LogP contribution in [0.25, 0.3) is 0 Å². The summed E-state index contributed by atoms with van der Waals surface area (Å²) in [5, 5.41) is 21.6. The Morgan fingerprint density at radius 1 is 1.42 bits per heavy atom. The largest absolute Gasteiger partial charge is 0.389 e. The van der Waals surface area contributed by atoms with E-state index in [2.05, 4.69) is 26.2 Å². The average Bonchev–Trinajstić information content (AvgIpc) is 2.70. The molecule has 1 fully saturated rings. The molecule has 7 nitrogen and oxygen atoms in total. The smallest absolute Gasteiger partial charge is 0.246 e. The summed E-state index contributed by atoms with van der Waals surface area (Å²) in [5.41, 5.74) is 0. The molecule has 2 heterocycles. The Morgan fingerprint density at radius 3 is 2.53 bits per heavy atom. The molecule has 106 valence electrons. The molecule has 1 aromatic heterocycles. The van der Waals surface area contributed by atoms with Gasteiger partial charge in [0.05, 0.1) is 12.2 Å². The van der Waals surface area contributed by atoms with Crippen molar-refractivity contribution < 1.29 is 18.6 Å². The fourth-order valence-electron chi connectivity index (χ4n) is 1.88. The summed E-state index contributed by atoms with van der Waals surface area (Å²) in [6, 6.07) is 1.44. The SMILES string of the molecule is CNc1ncc(Br)cc1S(=O)(=O)N1CC(O)C(O)C1. The van der Waals surface area contributed by atoms with E-state index in [-0.39, 0.29) is 23.8 Å². The first-order chi connectivity index (χ1) is 8.86. The third kappa shape index (κ3) is 2.75. The van der Waals surface area contributed by atoms with Crippen LogP contribution in [-0.2, 0) is 10.0 Å². The molecule has 1 aliphatic rings. The lowest BCUT2D eigenvalue weighted by atomic mass is 10.3. The van der Waals surface area contributed by atoms with Gasteiger partial charge in [-0.05, 0) is 22.0 Å². The Morgan fingerprint density at radius 2 is 2.00 bits per heavy atom. The molecule has 0 amide bonds. The van der Waals surface area contributed by atoms with Crippen LogP contribution in [0.2, 0.25) is 0 Å². The number of nitrogens with zero attached hydrogens (tertiary/aromatic N) is 2. The maximum absolute atomic E-state index is 12.5. The summed E-state index contributed by atoms with van der Waals surface area (Å²) in [5.74, 6) is 0.221. The number of pyridine rings is 1. The van der Waals surface area contributed by atoms with E-state index in [9.17, 15) is 18.6 Å². The Balaban J connectivity index is 2.43. The topological polar surface area (TPSA) is 103 Å². The summed E-state index contributed by atoms with van der Waals surface area (Å²) < 4.78 is 26.5. The fourth-order valence-corrected chi connectivity index (χ4v) is 4.01. The van der Waals surface area contributed by atoms with Gasteiger partial charge in [0.1, 0.15) is 10.7 Å². The lowest BCUT2D eigenvalue weighted by molar-refractivity contribution is 0.0572. The van der Waals surface area contributed by atoms with Crippen LogP contribution in [0, 0.1) is 0 Å². The van der Waals surface area contributed by atoms with Crippen molar-refractivity contribution in [2.75, 3.05) is 25.5 Å². The lowest BCUT2D eigenvalue weighted by Gasteiger charge is -2.17. The maximum Gasteiger partial charge on any atom is 0.246 e. The molecule has 0 bridgehead atoms. The quantitative estimate of drug-likeness (QED) is 0.685. The minimum absolute atomic E-state index is 0.00525. The predicted octanol–water partition coefficient (Wildman–Crippen LogP) is -0.388. The highest BCUT2D eigenvalue weighted by molar-refractivity contribution is 9.10. The molecule has 2 atom stereocenters. The van der Waals surface area contributed by atoms with Crippen molar-refractivity contribution in [1.82, 2.24) is 9.29 Å². The molecule has 19 heavy (non-hydrogen) atoms. The standard InChI is InChI=1S/C10H14BrN3O4S/c1-12-10-9(2-6(11)3-13-10)19(17,18)14-4-7(15)8(16)5-14/h2-3,7-8,15-16H,4-5H2,1H3,(H,12,13). The van der Waals surface area contributed by atoms with Crippen molar-refractivity contribution in [2.45, 2.75) is 17.1 Å². The highest BCUT2D eigenvalue weighted by Gasteiger charge is 2.38. The van der Waals surface area contributed by atoms with Gasteiger partial charge < -0.3 is 15.5 Å². The number of hydrogen-bond acceptors (Lipinski definition) is 6. The summed E-state index contributed by atoms with van der Waals surface area (Å²) in [4.78, 5) is 3.99. The molecule has 0 spiro atoms. The van der Waals surface area contributed by atoms with Crippen LogP contribution in [0.1, 0.15) is 0 Å². The molecule has 1 saturated heterocycles. The number of sulfonamides is 1. The van der Waals surface area contributed by atoms with E-state index in [0.717, 1.165) is 4.31 Å². The van der Waals surface area contributed by atoms with Crippen LogP contribution in [0.5, 0.6) is 0 Å². The van der Waals surface area contributed by atoms with Crippen LogP contribution in [0.3, 0.4) is 0 Å². The van der Waals surface area contributed by atoms with Gasteiger partial charge in [-0.2, -0.15) is 4.31 Å². The van der Waals surface area contributed by atoms with Crippen molar-refractivity contribution in [3.05, 3.63) is 16.7 Å². The number of aliphatic hydroxyl groups is 2. The van der Waals surface area contributed by atoms with E-state index in [0.29, 0.717) is 4.47 Å². The minimum atomic E-state index is -3.81. The fraction of sp³-hybridized carbons (Fsp3) is 0.500. The summed E-state index contributed by atoms with van der Waals surface area (Å²) in [6.45, 7) is -0.252. The molecule has 0 radical (unpaired) electrons. The van der Waals surface area contributed by atoms with Gasteiger partial charge >= 0.3 is 0 Å². The van der Waals surface area contributed by atoms with Gasteiger partial charge in [0.25, 0.3) is 0 Å². The molecule has 2 unspecified atom stereocenters. The predicted molar refractivity (Wildman–Crippen MR) is 72.3 cm³/mol. The van der Waals surface area contributed by atoms with Crippen LogP contribution < -0.4 is 5.32 Å². The van der Waals surface area contributed by atoms with Gasteiger partial charge in [-0.25, -0.2) is 13.4 Å². The Labute approximate surface area is 119 Å². The Bertz CT molecular complexity index is 570. The number of aromatic nitrogens is 1. The second-order valence-electron chi connectivity index (χ2n) is 4.21. The van der Waals surface area contributed by atoms with Crippen molar-refractivity contribution in [1.29, 1.82) is 0 Å². The molecule has 1 aromatic rings. The number of nitrogens with one attached hydrogen (secondary N) is 1. The van der Waals surface area contributed by atoms with E-state index in [1.807, 2.05) is 0 Å². The number of aliphatic hydroxyl groups excluding tert-OH is 2. The molecule has 0 saturated carbocycles. The van der Waals surface area contributed by atoms with Crippen LogP contribution >= 0.6 is 15.9 Å². The molecule has 0 aliphatic carbocycles. The number of hydrogen-bond donors (Lipinski definition) is 3. The molecule has 1 aliphatic heterocycles. The second-order valence-corrected chi connectivity index (χ2v) is 7.03. The zero-order chi connectivity index (χ0) is 14.2. The summed E-state index contributed by atoms with van der Waals surface area (Å²) in [7, 11) is -2.24. The highest BCUT2D eigenvalue weighted by Crippen LogP contribution is 2.28. The second kappa shape index (κ2) is 5.33. The van der Waals surface area contributed by atoms with Gasteiger partial charge in [0, 0.05) is 30.8 Å². The zero-order valence-electron chi connectivity index (χ0n) is 10.1. The monoisotopic (exact) mass is 351 g/mol. The molecule has 9 heteroatoms. The molecular weight excluding hydrogens is 338 g/mol. The van der Waals surface area contributed by atoms with Crippen LogP contribution in [0.4, 0.5) is 5.82 Å². The Hall–Kier alpha value is -0.740. The number of rotatable bonds is 3. The molecule has 0 aromatic carbocycles. The zero-order valence-corrected chi connectivity index (χ0v) is 12.5. The first-order valence-corrected chi connectivity index (χ1v) is 7.79. The van der Waals surface area contributed by atoms with Crippen molar-refractivity contribution in [2.24, 2.45) is 0 Å². The summed E-state index contributed by atoms with van der Waals surface area (Å²) in [6.07, 6.45) is -0.640. The maximum atomic E-state index is 12.5. The van der Waals surface area contributed by atoms with Gasteiger partial charge in [-0.15, -0.1) is 0 Å². The molecule has 2 rings (SSSR count). The third-order valence-corrected chi connectivity index (χ3v) is 5.18. The van der Waals surface area contributed by atoms with Crippen LogP contribution in [-0.4, -0.2) is 60.3 Å². The van der Waals surface area contributed by atoms with Gasteiger partial charge in [0.2, 0.25) is 10.0 Å². The van der Waals surface area contributed by atoms with E-state index in [1.165, 1.54) is 12.3 Å². The van der Waals surface area contributed by atoms with Gasteiger partial charge in [0.15, 0.2) is 0 Å². The number of β-amino-alcohol motifs (C(OH)–C–C–N with tert-alkyl or cyclic N) is 2.